The molecule has 4 aromatic heterocycles. The van der Waals surface area contributed by atoms with E-state index in [-0.39, 0.29) is 0 Å². The van der Waals surface area contributed by atoms with Crippen LogP contribution in [0.1, 0.15) is 38.9 Å². The van der Waals surface area contributed by atoms with Crippen LogP contribution < -0.4 is 9.47 Å². The summed E-state index contributed by atoms with van der Waals surface area (Å²) in [7, 11) is 3.41. The molecule has 1 aromatic carbocycles. The minimum Gasteiger partial charge on any atom is -0.496 e. The van der Waals surface area contributed by atoms with Crippen LogP contribution in [0.3, 0.4) is 0 Å². The molecule has 0 aliphatic heterocycles. The maximum Gasteiger partial charge on any atom is 0.126 e. The van der Waals surface area contributed by atoms with Gasteiger partial charge >= 0.3 is 0 Å². The smallest absolute Gasteiger partial charge is 0.126 e. The monoisotopic (exact) mass is 574 g/mol. The van der Waals surface area contributed by atoms with E-state index >= 15 is 0 Å². The van der Waals surface area contributed by atoms with Crippen LogP contribution in [0, 0.1) is 20.8 Å². The van der Waals surface area contributed by atoms with Gasteiger partial charge < -0.3 is 9.47 Å². The number of rotatable bonds is 8. The Kier molecular flexibility index (Phi) is 8.05. The Labute approximate surface area is 241 Å². The lowest BCUT2D eigenvalue weighted by Gasteiger charge is -2.11. The van der Waals surface area contributed by atoms with E-state index in [1.807, 2.05) is 76.6 Å². The van der Waals surface area contributed by atoms with Crippen LogP contribution in [0.5, 0.6) is 11.5 Å². The average Bonchev–Trinajstić information content (AvgIpc) is 3.69. The second kappa shape index (κ2) is 11.5. The van der Waals surface area contributed by atoms with E-state index in [2.05, 4.69) is 69.3 Å². The molecule has 0 radical (unpaired) electrons. The van der Waals surface area contributed by atoms with Gasteiger partial charge in [-0.25, -0.2) is 0 Å². The molecule has 38 heavy (non-hydrogen) atoms. The maximum atomic E-state index is 5.67. The molecule has 0 aliphatic carbocycles. The van der Waals surface area contributed by atoms with E-state index in [1.54, 1.807) is 14.2 Å². The molecule has 4 heterocycles. The van der Waals surface area contributed by atoms with Crippen molar-refractivity contribution in [2.45, 2.75) is 27.7 Å². The summed E-state index contributed by atoms with van der Waals surface area (Å²) in [6.45, 7) is 8.58. The molecule has 0 N–H and O–H groups in total. The predicted molar refractivity (Wildman–Crippen MR) is 172 cm³/mol. The second-order valence-corrected chi connectivity index (χ2v) is 13.5. The number of aryl methyl sites for hydroxylation is 3. The van der Waals surface area contributed by atoms with Crippen molar-refractivity contribution in [1.29, 1.82) is 0 Å². The summed E-state index contributed by atoms with van der Waals surface area (Å²) in [5.74, 6) is 1.66. The van der Waals surface area contributed by atoms with Crippen molar-refractivity contribution >= 4 is 63.6 Å². The highest BCUT2D eigenvalue weighted by atomic mass is 32.1. The molecule has 0 unspecified atom stereocenters. The van der Waals surface area contributed by atoms with Gasteiger partial charge in [0.05, 0.1) is 14.2 Å². The molecule has 5 rings (SSSR count). The van der Waals surface area contributed by atoms with Crippen LogP contribution in [-0.4, -0.2) is 14.2 Å². The lowest BCUT2D eigenvalue weighted by Crippen LogP contribution is -1.93. The van der Waals surface area contributed by atoms with Gasteiger partial charge in [0.2, 0.25) is 0 Å². The van der Waals surface area contributed by atoms with E-state index in [1.165, 1.54) is 50.1 Å². The first-order valence-electron chi connectivity index (χ1n) is 12.3. The molecular weight excluding hydrogens is 545 g/mol. The predicted octanol–water partition coefficient (Wildman–Crippen LogP) is 11.1. The van der Waals surface area contributed by atoms with Crippen LogP contribution in [-0.2, 0) is 0 Å². The van der Waals surface area contributed by atoms with E-state index in [0.717, 1.165) is 22.6 Å². The Balaban J connectivity index is 1.39. The standard InChI is InChI=1S/C32H30O2S4/c1-7-8-22-17-26(34-6)23(18-25(22)33-5)9-10-24-16-20(3)32(36-24)30-14-12-28(38-30)27-11-13-29(37-27)31-19(2)15-21(4)35-31/h7-18H,1-6H3/b8-7+,10-9+. The number of benzene rings is 1. The molecular formula is C32H30O2S4. The third kappa shape index (κ3) is 5.45. The molecule has 5 aromatic rings. The van der Waals surface area contributed by atoms with Crippen LogP contribution in [0.25, 0.3) is 47.5 Å². The summed E-state index contributed by atoms with van der Waals surface area (Å²) in [5.41, 5.74) is 4.67. The van der Waals surface area contributed by atoms with Gasteiger partial charge in [-0.2, -0.15) is 0 Å². The Bertz CT molecular complexity index is 1640. The first kappa shape index (κ1) is 26.7. The summed E-state index contributed by atoms with van der Waals surface area (Å²) >= 11 is 7.47. The van der Waals surface area contributed by atoms with Crippen molar-refractivity contribution in [2.75, 3.05) is 14.2 Å². The third-order valence-electron chi connectivity index (χ3n) is 6.24. The summed E-state index contributed by atoms with van der Waals surface area (Å²) < 4.78 is 11.3. The van der Waals surface area contributed by atoms with Crippen molar-refractivity contribution < 1.29 is 9.47 Å². The fraction of sp³-hybridized carbons (Fsp3) is 0.188. The number of methoxy groups -OCH3 is 2. The molecule has 6 heteroatoms. The first-order chi connectivity index (χ1) is 18.4. The minimum absolute atomic E-state index is 0.828. The number of allylic oxidation sites excluding steroid dienone is 1. The summed E-state index contributed by atoms with van der Waals surface area (Å²) in [4.78, 5) is 10.6. The Morgan fingerprint density at radius 1 is 0.579 bits per heavy atom. The van der Waals surface area contributed by atoms with Gasteiger partial charge in [-0.05, 0) is 99.5 Å². The van der Waals surface area contributed by atoms with Gasteiger partial charge in [-0.3, -0.25) is 0 Å². The summed E-state index contributed by atoms with van der Waals surface area (Å²) in [6.07, 6.45) is 8.30. The molecule has 0 amide bonds. The minimum atomic E-state index is 0.828. The maximum absolute atomic E-state index is 5.67. The molecule has 0 aliphatic rings. The fourth-order valence-corrected chi connectivity index (χ4v) is 9.02. The van der Waals surface area contributed by atoms with Crippen LogP contribution in [0.2, 0.25) is 0 Å². The topological polar surface area (TPSA) is 18.5 Å². The lowest BCUT2D eigenvalue weighted by molar-refractivity contribution is 0.401. The largest absolute Gasteiger partial charge is 0.496 e. The van der Waals surface area contributed by atoms with Gasteiger partial charge in [0.25, 0.3) is 0 Å². The Morgan fingerprint density at radius 2 is 1.11 bits per heavy atom. The molecule has 2 nitrogen and oxygen atoms in total. The normalized spacial score (nSPS) is 11.7. The van der Waals surface area contributed by atoms with Crippen LogP contribution in [0.15, 0.2) is 54.6 Å². The fourth-order valence-electron chi connectivity index (χ4n) is 4.46. The van der Waals surface area contributed by atoms with Crippen molar-refractivity contribution in [1.82, 2.24) is 0 Å². The molecule has 194 valence electrons. The highest BCUT2D eigenvalue weighted by Gasteiger charge is 2.14. The van der Waals surface area contributed by atoms with Crippen molar-refractivity contribution in [3.8, 4) is 40.8 Å². The molecule has 0 bridgehead atoms. The number of hydrogen-bond acceptors (Lipinski definition) is 6. The summed E-state index contributed by atoms with van der Waals surface area (Å²) in [6, 6.07) is 17.7. The van der Waals surface area contributed by atoms with E-state index in [9.17, 15) is 0 Å². The number of ether oxygens (including phenoxy) is 2. The first-order valence-corrected chi connectivity index (χ1v) is 15.6. The van der Waals surface area contributed by atoms with E-state index in [0.29, 0.717) is 0 Å². The SMILES string of the molecule is C/C=C/c1cc(OC)c(/C=C/c2cc(C)c(-c3ccc(-c4ccc(-c5sc(C)cc5C)s4)s3)s2)cc1OC. The van der Waals surface area contributed by atoms with Crippen molar-refractivity contribution in [2.24, 2.45) is 0 Å². The molecule has 0 fully saturated rings. The second-order valence-electron chi connectivity index (χ2n) is 9.03. The molecule has 0 atom stereocenters. The Morgan fingerprint density at radius 3 is 1.63 bits per heavy atom. The number of thiophene rings is 4. The van der Waals surface area contributed by atoms with Crippen LogP contribution >= 0.6 is 45.3 Å². The van der Waals surface area contributed by atoms with Gasteiger partial charge in [0, 0.05) is 50.1 Å². The zero-order valence-electron chi connectivity index (χ0n) is 22.4. The third-order valence-corrected chi connectivity index (χ3v) is 11.3. The average molecular weight is 575 g/mol. The highest BCUT2D eigenvalue weighted by molar-refractivity contribution is 7.28. The van der Waals surface area contributed by atoms with Gasteiger partial charge in [-0.1, -0.05) is 12.2 Å². The Hall–Kier alpha value is -2.90. The molecule has 0 spiro atoms. The van der Waals surface area contributed by atoms with Gasteiger partial charge in [0.15, 0.2) is 0 Å². The van der Waals surface area contributed by atoms with E-state index in [4.69, 9.17) is 9.47 Å². The molecule has 0 saturated heterocycles. The summed E-state index contributed by atoms with van der Waals surface area (Å²) in [5, 5.41) is 0. The highest BCUT2D eigenvalue weighted by Crippen LogP contribution is 2.45. The zero-order valence-corrected chi connectivity index (χ0v) is 25.6. The van der Waals surface area contributed by atoms with E-state index < -0.39 is 0 Å². The van der Waals surface area contributed by atoms with Crippen molar-refractivity contribution in [3.05, 3.63) is 86.6 Å². The lowest BCUT2D eigenvalue weighted by atomic mass is 10.1. The van der Waals surface area contributed by atoms with Crippen molar-refractivity contribution in [3.63, 3.8) is 0 Å². The van der Waals surface area contributed by atoms with Gasteiger partial charge in [-0.15, -0.1) is 45.3 Å². The van der Waals surface area contributed by atoms with Gasteiger partial charge in [0.1, 0.15) is 11.5 Å². The number of hydrogen-bond donors (Lipinski definition) is 0. The van der Waals surface area contributed by atoms with Crippen LogP contribution in [0.4, 0.5) is 0 Å². The molecule has 0 saturated carbocycles. The zero-order chi connectivity index (χ0) is 26.8. The quantitative estimate of drug-likeness (QED) is 0.183.